The highest BCUT2D eigenvalue weighted by molar-refractivity contribution is 5.73. The first-order chi connectivity index (χ1) is 29.1. The Morgan fingerprint density at radius 1 is 1.03 bits per heavy atom. The number of carbonyl (C=O) groups is 2. The van der Waals surface area contributed by atoms with Crippen LogP contribution in [-0.4, -0.2) is 176 Å². The number of hydrogen-bond donors (Lipinski definition) is 3. The average molecular weight is 900 g/mol. The van der Waals surface area contributed by atoms with Gasteiger partial charge < -0.3 is 68.0 Å². The van der Waals surface area contributed by atoms with Crippen LogP contribution in [0, 0.1) is 17.8 Å². The highest BCUT2D eigenvalue weighted by Crippen LogP contribution is 2.42. The number of alkyl carbamates (subject to hydrolysis) is 1. The van der Waals surface area contributed by atoms with Gasteiger partial charge in [0, 0.05) is 38.1 Å². The molecular weight excluding hydrogens is 815 g/mol. The second-order valence-electron chi connectivity index (χ2n) is 21.1. The number of likely N-dealkylation sites (N-methyl/N-ethyl adjacent to an activating group) is 1. The molecule has 63 heavy (non-hydrogen) atoms. The number of carbonyl (C=O) groups excluding carboxylic acids is 2. The number of methoxy groups -OCH3 is 1. The minimum absolute atomic E-state index is 0.0965. The first-order valence-corrected chi connectivity index (χ1v) is 23.1. The van der Waals surface area contributed by atoms with Gasteiger partial charge in [0.1, 0.15) is 23.4 Å². The molecule has 0 radical (unpaired) electrons. The Morgan fingerprint density at radius 3 is 2.27 bits per heavy atom. The molecular formula is C47H85N3O13. The lowest BCUT2D eigenvalue weighted by Gasteiger charge is -2.50. The summed E-state index contributed by atoms with van der Waals surface area (Å²) in [5.74, 6) is -2.42. The van der Waals surface area contributed by atoms with E-state index in [1.165, 1.54) is 0 Å². The number of nitrogens with zero attached hydrogens (tertiary/aromatic N) is 2. The summed E-state index contributed by atoms with van der Waals surface area (Å²) >= 11 is 0. The highest BCUT2D eigenvalue weighted by atomic mass is 16.7. The average Bonchev–Trinajstić information content (AvgIpc) is 3.17. The molecule has 0 aromatic heterocycles. The van der Waals surface area contributed by atoms with Crippen LogP contribution in [0.5, 0.6) is 0 Å². The normalized spacial score (nSPS) is 44.4. The maximum absolute atomic E-state index is 14.8. The quantitative estimate of drug-likeness (QED) is 0.218. The van der Waals surface area contributed by atoms with Crippen LogP contribution in [-0.2, 0) is 47.4 Å². The van der Waals surface area contributed by atoms with Crippen molar-refractivity contribution in [3.63, 3.8) is 0 Å². The molecule has 0 aliphatic carbocycles. The van der Waals surface area contributed by atoms with Crippen molar-refractivity contribution in [2.24, 2.45) is 17.8 Å². The molecule has 366 valence electrons. The Labute approximate surface area is 378 Å². The zero-order valence-corrected chi connectivity index (χ0v) is 41.6. The molecule has 5 heterocycles. The van der Waals surface area contributed by atoms with Crippen molar-refractivity contribution in [3.8, 4) is 0 Å². The predicted octanol–water partition coefficient (Wildman–Crippen LogP) is 5.05. The third-order valence-corrected chi connectivity index (χ3v) is 14.0. The number of aliphatic hydroxyl groups excluding tert-OH is 1. The van der Waals surface area contributed by atoms with Crippen LogP contribution >= 0.6 is 0 Å². The van der Waals surface area contributed by atoms with Gasteiger partial charge in [0.25, 0.3) is 0 Å². The zero-order chi connectivity index (χ0) is 47.6. The summed E-state index contributed by atoms with van der Waals surface area (Å²) in [5.41, 5.74) is -3.78. The van der Waals surface area contributed by atoms with Crippen LogP contribution in [0.4, 0.5) is 4.79 Å². The van der Waals surface area contributed by atoms with E-state index in [1.807, 2.05) is 74.5 Å². The number of amides is 1. The zero-order valence-electron chi connectivity index (χ0n) is 41.6. The van der Waals surface area contributed by atoms with Crippen molar-refractivity contribution in [2.45, 2.75) is 212 Å². The summed E-state index contributed by atoms with van der Waals surface area (Å²) in [6, 6.07) is -0.982. The monoisotopic (exact) mass is 900 g/mol. The van der Waals surface area contributed by atoms with Gasteiger partial charge >= 0.3 is 12.1 Å². The lowest BCUT2D eigenvalue weighted by Crippen LogP contribution is -2.64. The van der Waals surface area contributed by atoms with Crippen LogP contribution in [0.25, 0.3) is 0 Å². The number of rotatable bonds is 8. The van der Waals surface area contributed by atoms with Gasteiger partial charge in [-0.15, -0.1) is 0 Å². The molecule has 16 nitrogen and oxygen atoms in total. The van der Waals surface area contributed by atoms with E-state index in [0.717, 1.165) is 0 Å². The third-order valence-electron chi connectivity index (χ3n) is 14.0. The van der Waals surface area contributed by atoms with Gasteiger partial charge in [-0.2, -0.15) is 0 Å². The number of esters is 1. The Balaban J connectivity index is 1.90. The number of hydrogen-bond acceptors (Lipinski definition) is 15. The SMILES string of the molecule is C=C1CO[C@@H]2[C@@H](C)CN(C)[C@H](C)C[C@@](C)(OC1)[C@H](O[C@@H]1O[C@H](C)C[C@H](N(C)C)[C@H]1O)[C@@H](C)[C@H](O[C@H]1C[C@@](C)(OC)[C@H](NC(=O)OC(C)(C)C)[C@H](C)O1)[C@@H](C)C(=O)O[C@H](CC)[C@@]2(C)O. The lowest BCUT2D eigenvalue weighted by atomic mass is 9.78. The molecule has 0 saturated carbocycles. The van der Waals surface area contributed by atoms with E-state index in [9.17, 15) is 19.8 Å². The molecule has 18 atom stereocenters. The van der Waals surface area contributed by atoms with E-state index >= 15 is 0 Å². The van der Waals surface area contributed by atoms with Gasteiger partial charge in [-0.3, -0.25) is 4.79 Å². The summed E-state index contributed by atoms with van der Waals surface area (Å²) in [6.45, 7) is 29.5. The molecule has 3 N–H and O–H groups in total. The first kappa shape index (κ1) is 53.7. The molecule has 5 rings (SSSR count). The number of fused-ring (bicyclic) bond motifs is 15. The van der Waals surface area contributed by atoms with E-state index in [2.05, 4.69) is 23.7 Å². The highest BCUT2D eigenvalue weighted by Gasteiger charge is 2.54. The van der Waals surface area contributed by atoms with Crippen LogP contribution in [0.3, 0.4) is 0 Å². The molecule has 5 aliphatic heterocycles. The van der Waals surface area contributed by atoms with Gasteiger partial charge in [-0.05, 0) is 121 Å². The van der Waals surface area contributed by atoms with Crippen molar-refractivity contribution in [1.29, 1.82) is 0 Å². The van der Waals surface area contributed by atoms with Crippen molar-refractivity contribution >= 4 is 12.1 Å². The van der Waals surface area contributed by atoms with E-state index in [-0.39, 0.29) is 43.7 Å². The molecule has 5 saturated heterocycles. The molecule has 5 aliphatic rings. The predicted molar refractivity (Wildman–Crippen MR) is 238 cm³/mol. The molecule has 0 unspecified atom stereocenters. The molecule has 2 bridgehead atoms. The summed E-state index contributed by atoms with van der Waals surface area (Å²) < 4.78 is 58.9. The van der Waals surface area contributed by atoms with Gasteiger partial charge in [0.15, 0.2) is 12.6 Å². The van der Waals surface area contributed by atoms with Crippen LogP contribution < -0.4 is 5.32 Å². The Kier molecular flexibility index (Phi) is 18.2. The minimum Gasteiger partial charge on any atom is -0.459 e. The molecule has 1 amide bonds. The second-order valence-corrected chi connectivity index (χ2v) is 21.1. The fraction of sp³-hybridized carbons (Fsp3) is 0.915. The fourth-order valence-electron chi connectivity index (χ4n) is 10.3. The number of ether oxygens (including phenoxy) is 9. The number of nitrogens with one attached hydrogen (secondary N) is 1. The minimum atomic E-state index is -1.60. The third kappa shape index (κ3) is 12.9. The Morgan fingerprint density at radius 2 is 1.68 bits per heavy atom. The van der Waals surface area contributed by atoms with Gasteiger partial charge in [0.05, 0.1) is 66.9 Å². The van der Waals surface area contributed by atoms with E-state index < -0.39 is 102 Å². The molecule has 5 fully saturated rings. The molecule has 0 spiro atoms. The standard InChI is InChI=1S/C47H85N3O13/c1-19-34-47(14,54)39-27(3)23-50(17)28(4)21-46(13,57-25-26(2)24-56-39)40(62-42-36(51)33(49(15)16)20-29(5)58-42)30(6)37(31(7)41(52)60-34)61-35-22-45(12,55-18)38(32(8)59-35)48-43(53)63-44(9,10)11/h27-40,42,51,54H,2,19-25H2,1,3-18H3,(H,48,53)/t27-,28+,29+,30-,31+,32-,33-,34+,35-,36+,37-,38+,39+,40+,42-,45+,46+,47+/m0/s1. The summed E-state index contributed by atoms with van der Waals surface area (Å²) in [7, 11) is 7.46. The van der Waals surface area contributed by atoms with Crippen LogP contribution in [0.15, 0.2) is 12.2 Å². The van der Waals surface area contributed by atoms with Gasteiger partial charge in [0.2, 0.25) is 0 Å². The van der Waals surface area contributed by atoms with E-state index in [1.54, 1.807) is 41.7 Å². The summed E-state index contributed by atoms with van der Waals surface area (Å²) in [6.07, 6.45) is -6.52. The van der Waals surface area contributed by atoms with E-state index in [4.69, 9.17) is 42.6 Å². The van der Waals surface area contributed by atoms with Crippen molar-refractivity contribution < 1.29 is 62.4 Å². The summed E-state index contributed by atoms with van der Waals surface area (Å²) in [5, 5.41) is 27.3. The maximum atomic E-state index is 14.8. The second kappa shape index (κ2) is 21.3. The molecule has 0 aromatic rings. The van der Waals surface area contributed by atoms with Crippen LogP contribution in [0.2, 0.25) is 0 Å². The topological polar surface area (TPSA) is 176 Å². The van der Waals surface area contributed by atoms with Crippen molar-refractivity contribution in [1.82, 2.24) is 15.1 Å². The smallest absolute Gasteiger partial charge is 0.408 e. The van der Waals surface area contributed by atoms with Crippen molar-refractivity contribution in [2.75, 3.05) is 48.0 Å². The number of aliphatic hydroxyl groups is 2. The van der Waals surface area contributed by atoms with Crippen LogP contribution in [0.1, 0.15) is 116 Å². The first-order valence-electron chi connectivity index (χ1n) is 23.1. The van der Waals surface area contributed by atoms with Crippen molar-refractivity contribution in [3.05, 3.63) is 12.2 Å². The summed E-state index contributed by atoms with van der Waals surface area (Å²) in [4.78, 5) is 32.0. The molecule has 0 aromatic carbocycles. The largest absolute Gasteiger partial charge is 0.459 e. The van der Waals surface area contributed by atoms with Gasteiger partial charge in [-0.1, -0.05) is 27.4 Å². The van der Waals surface area contributed by atoms with Gasteiger partial charge in [-0.25, -0.2) is 4.79 Å². The fourth-order valence-corrected chi connectivity index (χ4v) is 10.3. The van der Waals surface area contributed by atoms with E-state index in [0.29, 0.717) is 31.4 Å². The Hall–Kier alpha value is -1.96. The molecule has 16 heteroatoms. The lowest BCUT2D eigenvalue weighted by molar-refractivity contribution is -0.314. The maximum Gasteiger partial charge on any atom is 0.408 e. The Bertz CT molecular complexity index is 1530.